The second kappa shape index (κ2) is 12.5. The molecular weight excluding hydrogens is 428 g/mol. The van der Waals surface area contributed by atoms with Gasteiger partial charge in [0, 0.05) is 10.9 Å². The summed E-state index contributed by atoms with van der Waals surface area (Å²) < 4.78 is 31.0. The lowest BCUT2D eigenvalue weighted by molar-refractivity contribution is -0.136. The minimum Gasteiger partial charge on any atom is -0.726 e. The zero-order valence-electron chi connectivity index (χ0n) is 14.9. The summed E-state index contributed by atoms with van der Waals surface area (Å²) in [6.07, 6.45) is -10.8. The molecule has 9 atom stereocenters. The van der Waals surface area contributed by atoms with Crippen LogP contribution in [0.5, 0.6) is 0 Å². The van der Waals surface area contributed by atoms with Crippen molar-refractivity contribution in [1.82, 2.24) is 0 Å². The first-order valence-corrected chi connectivity index (χ1v) is 10.9. The zero-order valence-corrected chi connectivity index (χ0v) is 16.6. The molecule has 0 amide bonds. The van der Waals surface area contributed by atoms with E-state index in [9.17, 15) is 53.8 Å². The summed E-state index contributed by atoms with van der Waals surface area (Å²) in [7, 11) is -4.39. The fourth-order valence-electron chi connectivity index (χ4n) is 2.37. The molecule has 170 valence electrons. The van der Waals surface area contributed by atoms with Gasteiger partial charge in [-0.3, -0.25) is 4.18 Å². The third kappa shape index (κ3) is 8.70. The van der Waals surface area contributed by atoms with Crippen LogP contribution in [0.15, 0.2) is 0 Å². The summed E-state index contributed by atoms with van der Waals surface area (Å²) in [5.41, 5.74) is 0. The molecule has 0 aromatic carbocycles. The highest BCUT2D eigenvalue weighted by atomic mass is 32.3. The predicted molar refractivity (Wildman–Crippen MR) is 93.8 cm³/mol. The third-order valence-corrected chi connectivity index (χ3v) is 7.26. The molecule has 0 saturated carbocycles. The van der Waals surface area contributed by atoms with Gasteiger partial charge in [-0.25, -0.2) is 8.42 Å². The van der Waals surface area contributed by atoms with E-state index in [0.717, 1.165) is 7.11 Å². The van der Waals surface area contributed by atoms with Crippen molar-refractivity contribution in [3.05, 3.63) is 0 Å². The number of aliphatic hydroxyl groups excluding tert-OH is 9. The van der Waals surface area contributed by atoms with Crippen molar-refractivity contribution in [2.75, 3.05) is 31.8 Å². The Kier molecular flexibility index (Phi) is 12.5. The van der Waals surface area contributed by atoms with Crippen LogP contribution in [0.2, 0.25) is 0 Å². The van der Waals surface area contributed by atoms with E-state index < -0.39 is 82.5 Å². The van der Waals surface area contributed by atoms with Gasteiger partial charge in [-0.2, -0.15) is 0 Å². The molecule has 1 unspecified atom stereocenters. The third-order valence-electron chi connectivity index (χ3n) is 4.03. The Hall–Kier alpha value is -0.140. The summed E-state index contributed by atoms with van der Waals surface area (Å²) in [4.78, 5) is 0. The summed E-state index contributed by atoms with van der Waals surface area (Å²) >= 11 is 0. The van der Waals surface area contributed by atoms with Gasteiger partial charge in [0.25, 0.3) is 0 Å². The van der Waals surface area contributed by atoms with Gasteiger partial charge in [0.15, 0.2) is 5.25 Å². The van der Waals surface area contributed by atoms with Crippen LogP contribution < -0.4 is 0 Å². The van der Waals surface area contributed by atoms with Crippen LogP contribution in [-0.2, 0) is 25.5 Å². The zero-order chi connectivity index (χ0) is 22.2. The van der Waals surface area contributed by atoms with Gasteiger partial charge >= 0.3 is 0 Å². The Balaban J connectivity index is 0.00000105. The van der Waals surface area contributed by atoms with Gasteiger partial charge in [0.1, 0.15) is 54.2 Å². The normalized spacial score (nSPS) is 30.7. The minimum atomic E-state index is -4.41. The van der Waals surface area contributed by atoms with Crippen LogP contribution in [-0.4, -0.2) is 139 Å². The molecule has 1 fully saturated rings. The molecule has 15 heteroatoms. The monoisotopic (exact) mass is 456 g/mol. The molecule has 13 nitrogen and oxygen atoms in total. The molecule has 1 saturated heterocycles. The van der Waals surface area contributed by atoms with Gasteiger partial charge in [-0.05, 0) is 0 Å². The van der Waals surface area contributed by atoms with Crippen LogP contribution in [0.25, 0.3) is 0 Å². The Morgan fingerprint density at radius 2 is 1.50 bits per heavy atom. The molecule has 1 heterocycles. The molecule has 28 heavy (non-hydrogen) atoms. The fourth-order valence-corrected chi connectivity index (χ4v) is 5.06. The molecule has 0 aromatic heterocycles. The van der Waals surface area contributed by atoms with E-state index in [4.69, 9.17) is 5.11 Å². The van der Waals surface area contributed by atoms with E-state index in [2.05, 4.69) is 4.18 Å². The van der Waals surface area contributed by atoms with Gasteiger partial charge in [-0.15, -0.1) is 0 Å². The van der Waals surface area contributed by atoms with E-state index >= 15 is 0 Å². The van der Waals surface area contributed by atoms with Crippen LogP contribution in [0.1, 0.15) is 0 Å². The first-order chi connectivity index (χ1) is 12.8. The van der Waals surface area contributed by atoms with E-state index in [1.165, 1.54) is 0 Å². The first-order valence-electron chi connectivity index (χ1n) is 7.96. The number of hydrogen-bond donors (Lipinski definition) is 9. The van der Waals surface area contributed by atoms with Crippen molar-refractivity contribution < 1.29 is 63.1 Å². The lowest BCUT2D eigenvalue weighted by atomic mass is 10.0. The predicted octanol–water partition coefficient (Wildman–Crippen LogP) is -6.41. The number of rotatable bonds is 9. The SMILES string of the molecule is COS(=O)(=O)[O-].OC[C@@H]1[C@@H](O)[C@H](O)C[S+]1C[C@@H](O)[C@@H](O)[C@H](O)[C@H](O)[C@@H](O)CO. The molecule has 9 N–H and O–H groups in total. The number of hydrogen-bond acceptors (Lipinski definition) is 13. The Morgan fingerprint density at radius 1 is 1.04 bits per heavy atom. The highest BCUT2D eigenvalue weighted by Crippen LogP contribution is 2.25. The first kappa shape index (κ1) is 27.9. The van der Waals surface area contributed by atoms with E-state index in [1.54, 1.807) is 0 Å². The maximum absolute atomic E-state index is 9.93. The Morgan fingerprint density at radius 3 is 1.89 bits per heavy atom. The molecule has 1 rings (SSSR count). The quantitative estimate of drug-likeness (QED) is 0.0890. The Labute approximate surface area is 164 Å². The molecule has 0 aliphatic carbocycles. The lowest BCUT2D eigenvalue weighted by Gasteiger charge is -2.28. The van der Waals surface area contributed by atoms with Crippen LogP contribution in [0, 0.1) is 0 Å². The van der Waals surface area contributed by atoms with Gasteiger partial charge in [-0.1, -0.05) is 0 Å². The molecule has 1 aliphatic heterocycles. The summed E-state index contributed by atoms with van der Waals surface area (Å²) in [5, 5.41) is 84.7. The topological polar surface area (TPSA) is 248 Å². The smallest absolute Gasteiger partial charge is 0.217 e. The molecule has 0 aromatic rings. The Bertz CT molecular complexity index is 533. The van der Waals surface area contributed by atoms with E-state index in [-0.39, 0.29) is 11.5 Å². The van der Waals surface area contributed by atoms with Crippen molar-refractivity contribution in [1.29, 1.82) is 0 Å². The number of aliphatic hydroxyl groups is 9. The maximum atomic E-state index is 9.93. The van der Waals surface area contributed by atoms with E-state index in [0.29, 0.717) is 0 Å². The second-order valence-electron chi connectivity index (χ2n) is 6.01. The lowest BCUT2D eigenvalue weighted by Crippen LogP contribution is -2.52. The highest BCUT2D eigenvalue weighted by Gasteiger charge is 2.51. The average Bonchev–Trinajstić information content (AvgIpc) is 2.91. The fraction of sp³-hybridized carbons (Fsp3) is 1.00. The molecule has 0 bridgehead atoms. The summed E-state index contributed by atoms with van der Waals surface area (Å²) in [6, 6.07) is 0. The van der Waals surface area contributed by atoms with Crippen LogP contribution in [0.3, 0.4) is 0 Å². The molecular formula is C13H28O13S2. The highest BCUT2D eigenvalue weighted by molar-refractivity contribution is 7.97. The van der Waals surface area contributed by atoms with Crippen molar-refractivity contribution in [2.24, 2.45) is 0 Å². The van der Waals surface area contributed by atoms with Crippen molar-refractivity contribution >= 4 is 21.3 Å². The van der Waals surface area contributed by atoms with Crippen molar-refractivity contribution in [2.45, 2.75) is 48.0 Å². The molecule has 0 spiro atoms. The average molecular weight is 456 g/mol. The minimum absolute atomic E-state index is 0.0977. The van der Waals surface area contributed by atoms with Gasteiger partial charge in [0.05, 0.1) is 20.3 Å². The maximum Gasteiger partial charge on any atom is 0.217 e. The second-order valence-corrected chi connectivity index (χ2v) is 9.51. The summed E-state index contributed by atoms with van der Waals surface area (Å²) in [6.45, 7) is -1.21. The molecule has 1 aliphatic rings. The van der Waals surface area contributed by atoms with Crippen LogP contribution in [0.4, 0.5) is 0 Å². The van der Waals surface area contributed by atoms with Crippen molar-refractivity contribution in [3.63, 3.8) is 0 Å². The van der Waals surface area contributed by atoms with Gasteiger partial charge < -0.3 is 50.5 Å². The van der Waals surface area contributed by atoms with E-state index in [1.807, 2.05) is 0 Å². The summed E-state index contributed by atoms with van der Waals surface area (Å²) in [5.74, 6) is 0.0492. The van der Waals surface area contributed by atoms with Crippen molar-refractivity contribution in [3.8, 4) is 0 Å². The van der Waals surface area contributed by atoms with Crippen LogP contribution >= 0.6 is 0 Å². The largest absolute Gasteiger partial charge is 0.726 e. The standard InChI is InChI=1S/C12H25O9S.CH4O4S/c13-1-5(15)10(19)12(21)11(20)7(17)4-22-3-6(16)9(18)8(22)2-14;1-5-6(2,3)4/h5-21H,1-4H2;1H3,(H,2,3,4)/q+1;/p-1/t5-,6+,7+,8+,9-,10+,11+,12+,22?;/m0./s1. The van der Waals surface area contributed by atoms with Gasteiger partial charge in [0.2, 0.25) is 10.4 Å². The molecule has 0 radical (unpaired) electrons.